The second-order valence-corrected chi connectivity index (χ2v) is 7.37. The lowest BCUT2D eigenvalue weighted by atomic mass is 10.1. The number of hydrogen-bond donors (Lipinski definition) is 1. The number of rotatable bonds is 5. The van der Waals surface area contributed by atoms with Crippen LogP contribution in [0.15, 0.2) is 12.4 Å². The van der Waals surface area contributed by atoms with E-state index in [1.165, 1.54) is 25.7 Å². The molecule has 2 aliphatic rings. The van der Waals surface area contributed by atoms with Gasteiger partial charge in [-0.1, -0.05) is 26.7 Å². The highest BCUT2D eigenvalue weighted by molar-refractivity contribution is 5.90. The van der Waals surface area contributed by atoms with E-state index in [9.17, 15) is 4.79 Å². The molecular formula is C18H29N5O. The Bertz CT molecular complexity index is 548. The minimum atomic E-state index is 0.0145. The zero-order chi connectivity index (χ0) is 16.9. The third-order valence-corrected chi connectivity index (χ3v) is 4.99. The van der Waals surface area contributed by atoms with Gasteiger partial charge in [0.25, 0.3) is 0 Å². The number of nitrogens with one attached hydrogen (secondary N) is 1. The molecule has 1 N–H and O–H groups in total. The van der Waals surface area contributed by atoms with E-state index in [1.807, 2.05) is 19.9 Å². The van der Waals surface area contributed by atoms with E-state index >= 15 is 0 Å². The fraction of sp³-hybridized carbons (Fsp3) is 0.722. The Morgan fingerprint density at radius 2 is 1.92 bits per heavy atom. The van der Waals surface area contributed by atoms with Crippen LogP contribution in [0.1, 0.15) is 46.0 Å². The Labute approximate surface area is 144 Å². The van der Waals surface area contributed by atoms with Crippen molar-refractivity contribution in [2.75, 3.05) is 36.4 Å². The zero-order valence-corrected chi connectivity index (χ0v) is 14.9. The van der Waals surface area contributed by atoms with Crippen LogP contribution in [-0.4, -0.2) is 53.0 Å². The Balaban J connectivity index is 1.55. The molecule has 24 heavy (non-hydrogen) atoms. The van der Waals surface area contributed by atoms with E-state index in [0.29, 0.717) is 18.2 Å². The van der Waals surface area contributed by atoms with Crippen molar-refractivity contribution in [3.63, 3.8) is 0 Å². The van der Waals surface area contributed by atoms with Crippen LogP contribution < -0.4 is 10.2 Å². The molecule has 3 rings (SSSR count). The van der Waals surface area contributed by atoms with Crippen molar-refractivity contribution in [2.45, 2.75) is 52.0 Å². The maximum Gasteiger partial charge on any atom is 0.225 e. The van der Waals surface area contributed by atoms with Gasteiger partial charge in [0, 0.05) is 44.7 Å². The molecule has 0 spiro atoms. The van der Waals surface area contributed by atoms with Crippen molar-refractivity contribution in [3.05, 3.63) is 12.4 Å². The summed E-state index contributed by atoms with van der Waals surface area (Å²) in [4.78, 5) is 25.4. The first kappa shape index (κ1) is 17.1. The molecule has 0 radical (unpaired) electrons. The number of nitrogens with zero attached hydrogens (tertiary/aromatic N) is 4. The SMILES string of the molecule is CC(C)CC(=O)Nc1cc(N2CCN(C3CCCC3)CC2)ncn1. The smallest absolute Gasteiger partial charge is 0.225 e. The van der Waals surface area contributed by atoms with Gasteiger partial charge in [0.05, 0.1) is 0 Å². The molecule has 2 heterocycles. The molecule has 0 atom stereocenters. The summed E-state index contributed by atoms with van der Waals surface area (Å²) in [7, 11) is 0. The molecule has 6 heteroatoms. The minimum absolute atomic E-state index is 0.0145. The third-order valence-electron chi connectivity index (χ3n) is 4.99. The van der Waals surface area contributed by atoms with E-state index in [-0.39, 0.29) is 5.91 Å². The quantitative estimate of drug-likeness (QED) is 0.898. The Hall–Kier alpha value is -1.69. The number of aromatic nitrogens is 2. The molecule has 2 fully saturated rings. The standard InChI is InChI=1S/C18H29N5O/c1-14(2)11-18(24)21-16-12-17(20-13-19-16)23-9-7-22(8-10-23)15-5-3-4-6-15/h12-15H,3-11H2,1-2H3,(H,19,20,21,24). The van der Waals surface area contributed by atoms with Crippen LogP contribution in [0.5, 0.6) is 0 Å². The van der Waals surface area contributed by atoms with E-state index in [0.717, 1.165) is 38.0 Å². The van der Waals surface area contributed by atoms with Crippen molar-refractivity contribution in [2.24, 2.45) is 5.92 Å². The van der Waals surface area contributed by atoms with Gasteiger partial charge in [-0.15, -0.1) is 0 Å². The van der Waals surface area contributed by atoms with Crippen LogP contribution in [0, 0.1) is 5.92 Å². The number of amides is 1. The third kappa shape index (κ3) is 4.44. The van der Waals surface area contributed by atoms with Crippen LogP contribution in [0.4, 0.5) is 11.6 Å². The molecule has 1 amide bonds. The average molecular weight is 331 g/mol. The van der Waals surface area contributed by atoms with Gasteiger partial charge < -0.3 is 10.2 Å². The van der Waals surface area contributed by atoms with Gasteiger partial charge in [0.1, 0.15) is 18.0 Å². The van der Waals surface area contributed by atoms with Crippen molar-refractivity contribution in [1.82, 2.24) is 14.9 Å². The number of carbonyl (C=O) groups is 1. The monoisotopic (exact) mass is 331 g/mol. The molecule has 1 aliphatic heterocycles. The van der Waals surface area contributed by atoms with E-state index in [2.05, 4.69) is 25.1 Å². The lowest BCUT2D eigenvalue weighted by Crippen LogP contribution is -2.50. The van der Waals surface area contributed by atoms with Gasteiger partial charge in [0.15, 0.2) is 0 Å². The summed E-state index contributed by atoms with van der Waals surface area (Å²) < 4.78 is 0. The highest BCUT2D eigenvalue weighted by Crippen LogP contribution is 2.25. The molecule has 0 unspecified atom stereocenters. The Kier molecular flexibility index (Phi) is 5.66. The number of piperazine rings is 1. The van der Waals surface area contributed by atoms with Gasteiger partial charge >= 0.3 is 0 Å². The van der Waals surface area contributed by atoms with Crippen LogP contribution in [0.2, 0.25) is 0 Å². The summed E-state index contributed by atoms with van der Waals surface area (Å²) in [6.45, 7) is 8.26. The lowest BCUT2D eigenvalue weighted by Gasteiger charge is -2.38. The number of carbonyl (C=O) groups excluding carboxylic acids is 1. The zero-order valence-electron chi connectivity index (χ0n) is 14.9. The molecule has 6 nitrogen and oxygen atoms in total. The maximum absolute atomic E-state index is 11.9. The lowest BCUT2D eigenvalue weighted by molar-refractivity contribution is -0.116. The summed E-state index contributed by atoms with van der Waals surface area (Å²) in [6, 6.07) is 2.69. The van der Waals surface area contributed by atoms with Gasteiger partial charge in [-0.3, -0.25) is 9.69 Å². The first-order valence-electron chi connectivity index (χ1n) is 9.22. The molecule has 1 aromatic rings. The fourth-order valence-electron chi connectivity index (χ4n) is 3.74. The summed E-state index contributed by atoms with van der Waals surface area (Å²) >= 11 is 0. The number of anilines is 2. The van der Waals surface area contributed by atoms with Crippen LogP contribution in [0.25, 0.3) is 0 Å². The highest BCUT2D eigenvalue weighted by atomic mass is 16.1. The van der Waals surface area contributed by atoms with E-state index < -0.39 is 0 Å². The van der Waals surface area contributed by atoms with Gasteiger partial charge in [-0.25, -0.2) is 9.97 Å². The molecule has 1 saturated carbocycles. The summed E-state index contributed by atoms with van der Waals surface area (Å²) in [5.74, 6) is 1.87. The van der Waals surface area contributed by atoms with E-state index in [4.69, 9.17) is 0 Å². The van der Waals surface area contributed by atoms with Crippen molar-refractivity contribution >= 4 is 17.5 Å². The topological polar surface area (TPSA) is 61.4 Å². The van der Waals surface area contributed by atoms with Crippen LogP contribution >= 0.6 is 0 Å². The minimum Gasteiger partial charge on any atom is -0.354 e. The molecule has 0 aromatic carbocycles. The average Bonchev–Trinajstić information content (AvgIpc) is 3.09. The first-order valence-corrected chi connectivity index (χ1v) is 9.22. The highest BCUT2D eigenvalue weighted by Gasteiger charge is 2.26. The van der Waals surface area contributed by atoms with Crippen molar-refractivity contribution in [1.29, 1.82) is 0 Å². The molecule has 1 aromatic heterocycles. The second-order valence-electron chi connectivity index (χ2n) is 7.37. The molecule has 0 bridgehead atoms. The fourth-order valence-corrected chi connectivity index (χ4v) is 3.74. The van der Waals surface area contributed by atoms with Gasteiger partial charge in [0.2, 0.25) is 5.91 Å². The molecule has 1 aliphatic carbocycles. The summed E-state index contributed by atoms with van der Waals surface area (Å²) in [5.41, 5.74) is 0. The maximum atomic E-state index is 11.9. The summed E-state index contributed by atoms with van der Waals surface area (Å²) in [5, 5.41) is 2.88. The normalized spacial score (nSPS) is 19.9. The van der Waals surface area contributed by atoms with Gasteiger partial charge in [-0.05, 0) is 18.8 Å². The predicted octanol–water partition coefficient (Wildman–Crippen LogP) is 2.53. The first-order chi connectivity index (χ1) is 11.6. The van der Waals surface area contributed by atoms with E-state index in [1.54, 1.807) is 6.33 Å². The Morgan fingerprint density at radius 1 is 1.21 bits per heavy atom. The molecule has 1 saturated heterocycles. The van der Waals surface area contributed by atoms with Crippen LogP contribution in [-0.2, 0) is 4.79 Å². The van der Waals surface area contributed by atoms with Gasteiger partial charge in [-0.2, -0.15) is 0 Å². The number of hydrogen-bond acceptors (Lipinski definition) is 5. The predicted molar refractivity (Wildman–Crippen MR) is 96.2 cm³/mol. The summed E-state index contributed by atoms with van der Waals surface area (Å²) in [6.07, 6.45) is 7.55. The van der Waals surface area contributed by atoms with Crippen molar-refractivity contribution in [3.8, 4) is 0 Å². The van der Waals surface area contributed by atoms with Crippen molar-refractivity contribution < 1.29 is 4.79 Å². The second kappa shape index (κ2) is 7.92. The Morgan fingerprint density at radius 3 is 2.58 bits per heavy atom. The molecular weight excluding hydrogens is 302 g/mol. The largest absolute Gasteiger partial charge is 0.354 e. The molecule has 132 valence electrons. The van der Waals surface area contributed by atoms with Crippen LogP contribution in [0.3, 0.4) is 0 Å².